The van der Waals surface area contributed by atoms with Gasteiger partial charge in [-0.3, -0.25) is 9.69 Å². The molecule has 5 heteroatoms. The summed E-state index contributed by atoms with van der Waals surface area (Å²) in [6.07, 6.45) is 2.88. The van der Waals surface area contributed by atoms with Gasteiger partial charge in [0, 0.05) is 25.7 Å². The van der Waals surface area contributed by atoms with Gasteiger partial charge in [0.1, 0.15) is 5.82 Å². The second kappa shape index (κ2) is 8.25. The number of carbonyl (C=O) groups is 1. The van der Waals surface area contributed by atoms with Crippen molar-refractivity contribution in [3.8, 4) is 0 Å². The Morgan fingerprint density at radius 2 is 2.18 bits per heavy atom. The highest BCUT2D eigenvalue weighted by molar-refractivity contribution is 5.78. The molecule has 1 amide bonds. The van der Waals surface area contributed by atoms with Crippen LogP contribution >= 0.6 is 0 Å². The van der Waals surface area contributed by atoms with E-state index in [1.807, 2.05) is 12.1 Å². The quantitative estimate of drug-likeness (QED) is 0.846. The van der Waals surface area contributed by atoms with Gasteiger partial charge in [-0.15, -0.1) is 0 Å². The van der Waals surface area contributed by atoms with Gasteiger partial charge in [0.2, 0.25) is 5.91 Å². The maximum Gasteiger partial charge on any atom is 0.224 e. The lowest BCUT2D eigenvalue weighted by Crippen LogP contribution is -2.45. The van der Waals surface area contributed by atoms with E-state index < -0.39 is 0 Å². The van der Waals surface area contributed by atoms with Gasteiger partial charge in [-0.05, 0) is 43.5 Å². The van der Waals surface area contributed by atoms with Gasteiger partial charge in [-0.2, -0.15) is 0 Å². The zero-order chi connectivity index (χ0) is 15.9. The molecule has 4 nitrogen and oxygen atoms in total. The van der Waals surface area contributed by atoms with Crippen molar-refractivity contribution in [1.29, 1.82) is 0 Å². The number of halogens is 1. The normalized spacial score (nSPS) is 20.6. The van der Waals surface area contributed by atoms with Crippen molar-refractivity contribution in [3.05, 3.63) is 35.6 Å². The van der Waals surface area contributed by atoms with Crippen LogP contribution in [0.3, 0.4) is 0 Å². The van der Waals surface area contributed by atoms with Crippen molar-refractivity contribution in [2.75, 3.05) is 26.2 Å². The summed E-state index contributed by atoms with van der Waals surface area (Å²) < 4.78 is 13.1. The second-order valence-electron chi connectivity index (χ2n) is 5.89. The molecule has 3 N–H and O–H groups in total. The number of nitrogens with zero attached hydrogens (tertiary/aromatic N) is 1. The second-order valence-corrected chi connectivity index (χ2v) is 5.89. The molecule has 1 aliphatic rings. The molecule has 0 saturated carbocycles. The summed E-state index contributed by atoms with van der Waals surface area (Å²) in [5, 5.41) is 2.89. The molecule has 0 spiro atoms. The fraction of sp³-hybridized carbons (Fsp3) is 0.588. The van der Waals surface area contributed by atoms with E-state index >= 15 is 0 Å². The van der Waals surface area contributed by atoms with E-state index in [-0.39, 0.29) is 23.7 Å². The van der Waals surface area contributed by atoms with Gasteiger partial charge in [0.25, 0.3) is 0 Å². The largest absolute Gasteiger partial charge is 0.355 e. The standard InChI is InChI=1S/C17H26FN3O/c1-2-16(13-5-7-15(18)8-6-13)21-11-3-4-14(12-21)17(22)20-10-9-19/h5-8,14,16H,2-4,9-12,19H2,1H3,(H,20,22). The highest BCUT2D eigenvalue weighted by atomic mass is 19.1. The van der Waals surface area contributed by atoms with Crippen LogP contribution in [-0.4, -0.2) is 37.0 Å². The topological polar surface area (TPSA) is 58.4 Å². The van der Waals surface area contributed by atoms with Crippen molar-refractivity contribution in [2.24, 2.45) is 11.7 Å². The average molecular weight is 307 g/mol. The van der Waals surface area contributed by atoms with Crippen molar-refractivity contribution in [3.63, 3.8) is 0 Å². The minimum Gasteiger partial charge on any atom is -0.355 e. The van der Waals surface area contributed by atoms with E-state index in [4.69, 9.17) is 5.73 Å². The lowest BCUT2D eigenvalue weighted by Gasteiger charge is -2.37. The van der Waals surface area contributed by atoms with Crippen LogP contribution < -0.4 is 11.1 Å². The summed E-state index contributed by atoms with van der Waals surface area (Å²) in [4.78, 5) is 14.5. The van der Waals surface area contributed by atoms with Crippen LogP contribution in [0.1, 0.15) is 37.8 Å². The molecule has 1 heterocycles. The maximum atomic E-state index is 13.1. The summed E-state index contributed by atoms with van der Waals surface area (Å²) in [6, 6.07) is 6.95. The molecule has 22 heavy (non-hydrogen) atoms. The Kier molecular flexibility index (Phi) is 6.34. The Bertz CT molecular complexity index is 477. The fourth-order valence-corrected chi connectivity index (χ4v) is 3.23. The third kappa shape index (κ3) is 4.27. The lowest BCUT2D eigenvalue weighted by molar-refractivity contribution is -0.127. The number of benzene rings is 1. The molecule has 1 aromatic carbocycles. The summed E-state index contributed by atoms with van der Waals surface area (Å²) in [5.74, 6) is -0.0878. The first-order valence-electron chi connectivity index (χ1n) is 8.13. The zero-order valence-corrected chi connectivity index (χ0v) is 13.2. The van der Waals surface area contributed by atoms with Gasteiger partial charge in [0.05, 0.1) is 5.92 Å². The molecule has 2 rings (SSSR count). The number of likely N-dealkylation sites (tertiary alicyclic amines) is 1. The molecule has 122 valence electrons. The molecule has 1 aromatic rings. The SMILES string of the molecule is CCC(c1ccc(F)cc1)N1CCCC(C(=O)NCCN)C1. The fourth-order valence-electron chi connectivity index (χ4n) is 3.23. The number of carbonyl (C=O) groups excluding carboxylic acids is 1. The van der Waals surface area contributed by atoms with Crippen LogP contribution in [0.2, 0.25) is 0 Å². The highest BCUT2D eigenvalue weighted by Gasteiger charge is 2.29. The van der Waals surface area contributed by atoms with Gasteiger partial charge >= 0.3 is 0 Å². The van der Waals surface area contributed by atoms with E-state index in [1.54, 1.807) is 0 Å². The molecule has 1 saturated heterocycles. The van der Waals surface area contributed by atoms with Crippen LogP contribution in [0.15, 0.2) is 24.3 Å². The van der Waals surface area contributed by atoms with E-state index in [0.717, 1.165) is 37.9 Å². The molecule has 0 radical (unpaired) electrons. The Hall–Kier alpha value is -1.46. The predicted molar refractivity (Wildman–Crippen MR) is 85.8 cm³/mol. The van der Waals surface area contributed by atoms with Crippen molar-refractivity contribution < 1.29 is 9.18 Å². The van der Waals surface area contributed by atoms with Gasteiger partial charge in [-0.1, -0.05) is 19.1 Å². The number of nitrogens with two attached hydrogens (primary N) is 1. The Morgan fingerprint density at radius 3 is 2.82 bits per heavy atom. The van der Waals surface area contributed by atoms with Crippen LogP contribution in [-0.2, 0) is 4.79 Å². The first kappa shape index (κ1) is 16.9. The predicted octanol–water partition coefficient (Wildman–Crippen LogP) is 2.06. The first-order chi connectivity index (χ1) is 10.7. The number of hydrogen-bond donors (Lipinski definition) is 2. The van der Waals surface area contributed by atoms with Crippen molar-refractivity contribution in [2.45, 2.75) is 32.2 Å². The minimum absolute atomic E-state index is 0.0230. The highest BCUT2D eigenvalue weighted by Crippen LogP contribution is 2.29. The van der Waals surface area contributed by atoms with E-state index in [0.29, 0.717) is 13.1 Å². The number of piperidine rings is 1. The summed E-state index contributed by atoms with van der Waals surface area (Å²) in [7, 11) is 0. The molecular formula is C17H26FN3O. The molecule has 1 aliphatic heterocycles. The van der Waals surface area contributed by atoms with Crippen LogP contribution in [0.4, 0.5) is 4.39 Å². The Morgan fingerprint density at radius 1 is 1.45 bits per heavy atom. The summed E-state index contributed by atoms with van der Waals surface area (Å²) in [5.41, 5.74) is 6.55. The van der Waals surface area contributed by atoms with Crippen LogP contribution in [0.25, 0.3) is 0 Å². The van der Waals surface area contributed by atoms with Gasteiger partial charge in [-0.25, -0.2) is 4.39 Å². The zero-order valence-electron chi connectivity index (χ0n) is 13.2. The number of amides is 1. The number of hydrogen-bond acceptors (Lipinski definition) is 3. The van der Waals surface area contributed by atoms with Gasteiger partial charge in [0.15, 0.2) is 0 Å². The Labute approximate surface area is 131 Å². The Balaban J connectivity index is 2.03. The van der Waals surface area contributed by atoms with Crippen molar-refractivity contribution in [1.82, 2.24) is 10.2 Å². The molecule has 2 unspecified atom stereocenters. The van der Waals surface area contributed by atoms with E-state index in [9.17, 15) is 9.18 Å². The average Bonchev–Trinajstić information content (AvgIpc) is 2.55. The molecule has 2 atom stereocenters. The van der Waals surface area contributed by atoms with Crippen LogP contribution in [0.5, 0.6) is 0 Å². The van der Waals surface area contributed by atoms with Crippen molar-refractivity contribution >= 4 is 5.91 Å². The minimum atomic E-state index is -0.212. The summed E-state index contributed by atoms with van der Waals surface area (Å²) >= 11 is 0. The maximum absolute atomic E-state index is 13.1. The lowest BCUT2D eigenvalue weighted by atomic mass is 9.93. The van der Waals surface area contributed by atoms with E-state index in [1.165, 1.54) is 12.1 Å². The smallest absolute Gasteiger partial charge is 0.224 e. The molecule has 0 bridgehead atoms. The molecule has 0 aliphatic carbocycles. The molecule has 0 aromatic heterocycles. The number of nitrogens with one attached hydrogen (secondary N) is 1. The summed E-state index contributed by atoms with van der Waals surface area (Å²) in [6.45, 7) is 4.87. The van der Waals surface area contributed by atoms with E-state index in [2.05, 4.69) is 17.1 Å². The third-order valence-electron chi connectivity index (χ3n) is 4.35. The van der Waals surface area contributed by atoms with Crippen LogP contribution in [0, 0.1) is 11.7 Å². The van der Waals surface area contributed by atoms with Gasteiger partial charge < -0.3 is 11.1 Å². The third-order valence-corrected chi connectivity index (χ3v) is 4.35. The first-order valence-corrected chi connectivity index (χ1v) is 8.13. The number of rotatable bonds is 6. The molecule has 1 fully saturated rings. The monoisotopic (exact) mass is 307 g/mol. The molecular weight excluding hydrogens is 281 g/mol.